The zero-order chi connectivity index (χ0) is 13.3. The molecule has 0 aliphatic rings. The highest BCUT2D eigenvalue weighted by Gasteiger charge is 2.15. The van der Waals surface area contributed by atoms with Crippen LogP contribution in [0.5, 0.6) is 0 Å². The maximum absolute atomic E-state index is 10.9. The molecule has 0 unspecified atom stereocenters. The molecule has 0 radical (unpaired) electrons. The van der Waals surface area contributed by atoms with Crippen LogP contribution in [0.1, 0.15) is 21.6 Å². The van der Waals surface area contributed by atoms with Gasteiger partial charge >= 0.3 is 5.97 Å². The van der Waals surface area contributed by atoms with Gasteiger partial charge in [-0.25, -0.2) is 9.48 Å². The molecule has 6 nitrogen and oxygen atoms in total. The topological polar surface area (TPSA) is 105 Å². The number of carbonyl (C=O) groups is 1. The van der Waals surface area contributed by atoms with E-state index in [1.165, 1.54) is 10.9 Å². The molecule has 2 aromatic rings. The average molecular weight is 242 g/mol. The molecule has 1 heterocycles. The van der Waals surface area contributed by atoms with Crippen LogP contribution in [0.2, 0.25) is 0 Å². The number of benzene rings is 1. The van der Waals surface area contributed by atoms with Gasteiger partial charge in [-0.2, -0.15) is 10.4 Å². The average Bonchev–Trinajstić information content (AvgIpc) is 2.71. The number of nitriles is 1. The van der Waals surface area contributed by atoms with Gasteiger partial charge in [0.05, 0.1) is 23.1 Å². The van der Waals surface area contributed by atoms with Crippen LogP contribution in [0.4, 0.5) is 5.69 Å². The Morgan fingerprint density at radius 3 is 2.83 bits per heavy atom. The Bertz CT molecular complexity index is 667. The van der Waals surface area contributed by atoms with Crippen molar-refractivity contribution in [3.63, 3.8) is 0 Å². The number of carboxylic acid groups (broad SMARTS) is 1. The predicted octanol–water partition coefficient (Wildman–Crippen LogP) is 1.33. The molecule has 0 bridgehead atoms. The minimum atomic E-state index is -1.20. The lowest BCUT2D eigenvalue weighted by molar-refractivity contribution is 0.0691. The normalized spacial score (nSPS) is 10.0. The summed E-state index contributed by atoms with van der Waals surface area (Å²) in [5.41, 5.74) is 7.25. The highest BCUT2D eigenvalue weighted by atomic mass is 16.4. The summed E-state index contributed by atoms with van der Waals surface area (Å²) in [6, 6.07) is 7.26. The van der Waals surface area contributed by atoms with E-state index in [0.717, 1.165) is 5.56 Å². The minimum absolute atomic E-state index is 0.0620. The van der Waals surface area contributed by atoms with Crippen LogP contribution in [0, 0.1) is 18.3 Å². The summed E-state index contributed by atoms with van der Waals surface area (Å²) >= 11 is 0. The summed E-state index contributed by atoms with van der Waals surface area (Å²) in [6.07, 6.45) is 1.38. The molecule has 3 N–H and O–H groups in total. The van der Waals surface area contributed by atoms with Gasteiger partial charge in [-0.05, 0) is 24.6 Å². The molecule has 0 fully saturated rings. The molecule has 0 amide bonds. The van der Waals surface area contributed by atoms with E-state index in [1.54, 1.807) is 12.1 Å². The van der Waals surface area contributed by atoms with Crippen LogP contribution in [-0.4, -0.2) is 20.9 Å². The molecule has 0 saturated heterocycles. The van der Waals surface area contributed by atoms with E-state index in [-0.39, 0.29) is 11.4 Å². The molecular weight excluding hydrogens is 232 g/mol. The summed E-state index contributed by atoms with van der Waals surface area (Å²) in [7, 11) is 0. The Hall–Kier alpha value is -2.81. The number of nitrogens with two attached hydrogens (primary N) is 1. The Kier molecular flexibility index (Phi) is 2.73. The number of aromatic carboxylic acids is 1. The van der Waals surface area contributed by atoms with Crippen molar-refractivity contribution in [2.45, 2.75) is 6.92 Å². The Labute approximate surface area is 103 Å². The van der Waals surface area contributed by atoms with Gasteiger partial charge in [0, 0.05) is 0 Å². The Morgan fingerprint density at radius 2 is 2.28 bits per heavy atom. The quantitative estimate of drug-likeness (QED) is 0.826. The zero-order valence-electron chi connectivity index (χ0n) is 9.58. The van der Waals surface area contributed by atoms with Crippen molar-refractivity contribution < 1.29 is 9.90 Å². The number of nitrogen functional groups attached to an aromatic ring is 1. The summed E-state index contributed by atoms with van der Waals surface area (Å²) in [5, 5.41) is 21.8. The van der Waals surface area contributed by atoms with Crippen LogP contribution in [0.15, 0.2) is 24.4 Å². The first-order valence-corrected chi connectivity index (χ1v) is 5.12. The maximum atomic E-state index is 10.9. The first-order valence-electron chi connectivity index (χ1n) is 5.12. The van der Waals surface area contributed by atoms with E-state index in [1.807, 2.05) is 19.1 Å². The summed E-state index contributed by atoms with van der Waals surface area (Å²) < 4.78 is 1.30. The number of rotatable bonds is 2. The molecule has 0 saturated carbocycles. The first kappa shape index (κ1) is 11.7. The molecule has 90 valence electrons. The second-order valence-electron chi connectivity index (χ2n) is 3.82. The monoisotopic (exact) mass is 242 g/mol. The lowest BCUT2D eigenvalue weighted by Crippen LogP contribution is -2.03. The fourth-order valence-corrected chi connectivity index (χ4v) is 1.62. The van der Waals surface area contributed by atoms with E-state index < -0.39 is 5.97 Å². The van der Waals surface area contributed by atoms with Crippen molar-refractivity contribution in [2.75, 3.05) is 5.73 Å². The largest absolute Gasteiger partial charge is 0.476 e. The standard InChI is InChI=1S/C12H10N4O2/c1-7-2-3-10(8(4-7)5-13)16-6-9(14)11(15-16)12(17)18/h2-4,6H,14H2,1H3,(H,17,18). The lowest BCUT2D eigenvalue weighted by Gasteiger charge is -2.04. The first-order chi connectivity index (χ1) is 8.52. The fraction of sp³-hybridized carbons (Fsp3) is 0.0833. The predicted molar refractivity (Wildman–Crippen MR) is 64.4 cm³/mol. The van der Waals surface area contributed by atoms with Crippen LogP contribution in [0.25, 0.3) is 5.69 Å². The molecule has 18 heavy (non-hydrogen) atoms. The maximum Gasteiger partial charge on any atom is 0.358 e. The van der Waals surface area contributed by atoms with Crippen LogP contribution < -0.4 is 5.73 Å². The van der Waals surface area contributed by atoms with Crippen molar-refractivity contribution in [3.05, 3.63) is 41.2 Å². The second-order valence-corrected chi connectivity index (χ2v) is 3.82. The van der Waals surface area contributed by atoms with Gasteiger partial charge < -0.3 is 10.8 Å². The van der Waals surface area contributed by atoms with E-state index in [4.69, 9.17) is 16.1 Å². The number of aromatic nitrogens is 2. The van der Waals surface area contributed by atoms with Gasteiger partial charge in [0.15, 0.2) is 5.69 Å². The summed E-state index contributed by atoms with van der Waals surface area (Å²) in [6.45, 7) is 1.87. The van der Waals surface area contributed by atoms with Gasteiger partial charge in [-0.15, -0.1) is 0 Å². The van der Waals surface area contributed by atoms with Crippen LogP contribution in [-0.2, 0) is 0 Å². The Balaban J connectivity index is 2.60. The minimum Gasteiger partial charge on any atom is -0.476 e. The van der Waals surface area contributed by atoms with Crippen molar-refractivity contribution >= 4 is 11.7 Å². The van der Waals surface area contributed by atoms with Gasteiger partial charge in [0.1, 0.15) is 6.07 Å². The van der Waals surface area contributed by atoms with Gasteiger partial charge in [-0.1, -0.05) is 6.07 Å². The van der Waals surface area contributed by atoms with Gasteiger partial charge in [0.2, 0.25) is 0 Å². The number of carboxylic acids is 1. The van der Waals surface area contributed by atoms with Gasteiger partial charge in [0.25, 0.3) is 0 Å². The van der Waals surface area contributed by atoms with Crippen molar-refractivity contribution in [1.29, 1.82) is 5.26 Å². The van der Waals surface area contributed by atoms with Gasteiger partial charge in [-0.3, -0.25) is 0 Å². The third-order valence-corrected chi connectivity index (χ3v) is 2.46. The van der Waals surface area contributed by atoms with Crippen LogP contribution in [0.3, 0.4) is 0 Å². The van der Waals surface area contributed by atoms with E-state index in [0.29, 0.717) is 11.3 Å². The summed E-state index contributed by atoms with van der Waals surface area (Å²) in [4.78, 5) is 10.9. The third-order valence-electron chi connectivity index (χ3n) is 2.46. The molecule has 0 spiro atoms. The molecule has 2 rings (SSSR count). The highest BCUT2D eigenvalue weighted by Crippen LogP contribution is 2.18. The van der Waals surface area contributed by atoms with E-state index in [2.05, 4.69) is 5.10 Å². The molecule has 0 aliphatic carbocycles. The number of anilines is 1. The number of hydrogen-bond donors (Lipinski definition) is 2. The smallest absolute Gasteiger partial charge is 0.358 e. The van der Waals surface area contributed by atoms with Crippen LogP contribution >= 0.6 is 0 Å². The van der Waals surface area contributed by atoms with E-state index in [9.17, 15) is 4.79 Å². The van der Waals surface area contributed by atoms with Crippen molar-refractivity contribution in [2.24, 2.45) is 0 Å². The molecule has 1 aromatic heterocycles. The Morgan fingerprint density at radius 1 is 1.56 bits per heavy atom. The fourth-order valence-electron chi connectivity index (χ4n) is 1.62. The van der Waals surface area contributed by atoms with Crippen molar-refractivity contribution in [3.8, 4) is 11.8 Å². The second kappa shape index (κ2) is 4.22. The third kappa shape index (κ3) is 1.89. The SMILES string of the molecule is Cc1ccc(-n2cc(N)c(C(=O)O)n2)c(C#N)c1. The van der Waals surface area contributed by atoms with Crippen molar-refractivity contribution in [1.82, 2.24) is 9.78 Å². The number of nitrogens with zero attached hydrogens (tertiary/aromatic N) is 3. The zero-order valence-corrected chi connectivity index (χ0v) is 9.58. The lowest BCUT2D eigenvalue weighted by atomic mass is 10.1. The van der Waals surface area contributed by atoms with E-state index >= 15 is 0 Å². The molecule has 0 atom stereocenters. The molecule has 0 aliphatic heterocycles. The number of hydrogen-bond acceptors (Lipinski definition) is 4. The molecule has 1 aromatic carbocycles. The molecular formula is C12H10N4O2. The highest BCUT2D eigenvalue weighted by molar-refractivity contribution is 5.91. The summed E-state index contributed by atoms with van der Waals surface area (Å²) in [5.74, 6) is -1.20. The molecule has 6 heteroatoms. The number of aryl methyl sites for hydroxylation is 1.